The maximum absolute atomic E-state index is 4.39. The van der Waals surface area contributed by atoms with Crippen LogP contribution in [0, 0.1) is 0 Å². The normalized spacial score (nSPS) is 10.5. The summed E-state index contributed by atoms with van der Waals surface area (Å²) in [5, 5.41) is 2.37. The number of fused-ring (bicyclic) bond motifs is 1. The van der Waals surface area contributed by atoms with Gasteiger partial charge in [0, 0.05) is 9.79 Å². The van der Waals surface area contributed by atoms with Crippen molar-refractivity contribution >= 4 is 36.0 Å². The van der Waals surface area contributed by atoms with E-state index in [4.69, 9.17) is 0 Å². The standard InChI is InChI=1S/C10H8S2/c11-9-6-5-7-3-1-2-4-8(7)10(9)12/h1-6,11-12H. The topological polar surface area (TPSA) is 0 Å². The Bertz CT molecular complexity index is 421. The Kier molecular flexibility index (Phi) is 2.03. The van der Waals surface area contributed by atoms with E-state index >= 15 is 0 Å². The number of rotatable bonds is 0. The van der Waals surface area contributed by atoms with Crippen molar-refractivity contribution in [2.75, 3.05) is 0 Å². The highest BCUT2D eigenvalue weighted by Crippen LogP contribution is 2.27. The molecular weight excluding hydrogens is 184 g/mol. The third-order valence-electron chi connectivity index (χ3n) is 1.88. The van der Waals surface area contributed by atoms with Crippen molar-refractivity contribution in [1.82, 2.24) is 0 Å². The smallest absolute Gasteiger partial charge is 0.0253 e. The summed E-state index contributed by atoms with van der Waals surface area (Å²) in [6, 6.07) is 12.2. The van der Waals surface area contributed by atoms with Gasteiger partial charge in [-0.25, -0.2) is 0 Å². The molecule has 0 atom stereocenters. The molecule has 12 heavy (non-hydrogen) atoms. The van der Waals surface area contributed by atoms with Gasteiger partial charge in [0.15, 0.2) is 0 Å². The fourth-order valence-corrected chi connectivity index (χ4v) is 1.72. The molecule has 0 spiro atoms. The van der Waals surface area contributed by atoms with Crippen LogP contribution in [0.2, 0.25) is 0 Å². The second kappa shape index (κ2) is 3.04. The van der Waals surface area contributed by atoms with Gasteiger partial charge < -0.3 is 0 Å². The van der Waals surface area contributed by atoms with Crippen molar-refractivity contribution in [3.8, 4) is 0 Å². The first-order valence-corrected chi connectivity index (χ1v) is 4.58. The van der Waals surface area contributed by atoms with Gasteiger partial charge in [0.1, 0.15) is 0 Å². The van der Waals surface area contributed by atoms with E-state index in [9.17, 15) is 0 Å². The molecule has 2 heteroatoms. The Morgan fingerprint density at radius 2 is 1.58 bits per heavy atom. The number of hydrogen-bond donors (Lipinski definition) is 2. The van der Waals surface area contributed by atoms with E-state index < -0.39 is 0 Å². The lowest BCUT2D eigenvalue weighted by Gasteiger charge is -2.02. The molecule has 0 heterocycles. The summed E-state index contributed by atoms with van der Waals surface area (Å²) < 4.78 is 0. The monoisotopic (exact) mass is 192 g/mol. The number of benzene rings is 2. The van der Waals surface area contributed by atoms with Crippen LogP contribution in [-0.2, 0) is 0 Å². The summed E-state index contributed by atoms with van der Waals surface area (Å²) in [5.74, 6) is 0. The average molecular weight is 192 g/mol. The number of hydrogen-bond acceptors (Lipinski definition) is 2. The Balaban J connectivity index is 2.91. The molecule has 0 aliphatic rings. The number of thiol groups is 2. The third-order valence-corrected chi connectivity index (χ3v) is 2.91. The predicted octanol–water partition coefficient (Wildman–Crippen LogP) is 3.42. The molecular formula is C10H8S2. The van der Waals surface area contributed by atoms with Gasteiger partial charge in [0.25, 0.3) is 0 Å². The van der Waals surface area contributed by atoms with E-state index in [-0.39, 0.29) is 0 Å². The molecule has 2 aromatic rings. The van der Waals surface area contributed by atoms with Crippen molar-refractivity contribution in [3.63, 3.8) is 0 Å². The van der Waals surface area contributed by atoms with E-state index in [1.54, 1.807) is 0 Å². The van der Waals surface area contributed by atoms with Crippen LogP contribution >= 0.6 is 25.3 Å². The molecule has 0 aliphatic heterocycles. The van der Waals surface area contributed by atoms with Crippen molar-refractivity contribution in [2.24, 2.45) is 0 Å². The van der Waals surface area contributed by atoms with Crippen LogP contribution in [0.3, 0.4) is 0 Å². The molecule has 0 N–H and O–H groups in total. The van der Waals surface area contributed by atoms with Gasteiger partial charge in [-0.1, -0.05) is 30.3 Å². The lowest BCUT2D eigenvalue weighted by atomic mass is 10.1. The minimum Gasteiger partial charge on any atom is -0.142 e. The van der Waals surface area contributed by atoms with Gasteiger partial charge in [-0.2, -0.15) is 0 Å². The second-order valence-electron chi connectivity index (χ2n) is 2.65. The molecule has 0 amide bonds. The Morgan fingerprint density at radius 1 is 0.833 bits per heavy atom. The molecule has 0 saturated heterocycles. The quantitative estimate of drug-likeness (QED) is 0.587. The summed E-state index contributed by atoms with van der Waals surface area (Å²) in [7, 11) is 0. The fourth-order valence-electron chi connectivity index (χ4n) is 1.24. The van der Waals surface area contributed by atoms with Crippen LogP contribution in [0.25, 0.3) is 10.8 Å². The van der Waals surface area contributed by atoms with Crippen LogP contribution in [0.1, 0.15) is 0 Å². The molecule has 0 nitrogen and oxygen atoms in total. The summed E-state index contributed by atoms with van der Waals surface area (Å²) in [4.78, 5) is 1.88. The Morgan fingerprint density at radius 3 is 2.42 bits per heavy atom. The second-order valence-corrected chi connectivity index (χ2v) is 3.58. The van der Waals surface area contributed by atoms with E-state index in [0.29, 0.717) is 0 Å². The minimum atomic E-state index is 0.928. The zero-order chi connectivity index (χ0) is 8.55. The van der Waals surface area contributed by atoms with Gasteiger partial charge in [0.2, 0.25) is 0 Å². The van der Waals surface area contributed by atoms with Crippen molar-refractivity contribution in [3.05, 3.63) is 36.4 Å². The van der Waals surface area contributed by atoms with Gasteiger partial charge in [0.05, 0.1) is 0 Å². The Hall–Kier alpha value is -0.600. The maximum Gasteiger partial charge on any atom is 0.0253 e. The summed E-state index contributed by atoms with van der Waals surface area (Å²) in [6.07, 6.45) is 0. The van der Waals surface area contributed by atoms with E-state index in [1.807, 2.05) is 18.2 Å². The molecule has 0 aliphatic carbocycles. The van der Waals surface area contributed by atoms with Gasteiger partial charge >= 0.3 is 0 Å². The lowest BCUT2D eigenvalue weighted by molar-refractivity contribution is 1.32. The molecule has 60 valence electrons. The highest BCUT2D eigenvalue weighted by atomic mass is 32.1. The van der Waals surface area contributed by atoms with Gasteiger partial charge in [-0.3, -0.25) is 0 Å². The van der Waals surface area contributed by atoms with Crippen LogP contribution in [0.15, 0.2) is 46.2 Å². The van der Waals surface area contributed by atoms with E-state index in [0.717, 1.165) is 15.2 Å². The SMILES string of the molecule is Sc1ccc2ccccc2c1S. The lowest BCUT2D eigenvalue weighted by Crippen LogP contribution is -1.75. The predicted molar refractivity (Wildman–Crippen MR) is 58.5 cm³/mol. The van der Waals surface area contributed by atoms with Crippen LogP contribution in [0.5, 0.6) is 0 Å². The summed E-state index contributed by atoms with van der Waals surface area (Å²) >= 11 is 8.68. The molecule has 0 aromatic heterocycles. The van der Waals surface area contributed by atoms with Crippen molar-refractivity contribution in [2.45, 2.75) is 9.79 Å². The summed E-state index contributed by atoms with van der Waals surface area (Å²) in [5.41, 5.74) is 0. The highest BCUT2D eigenvalue weighted by molar-refractivity contribution is 7.83. The van der Waals surface area contributed by atoms with Crippen molar-refractivity contribution in [1.29, 1.82) is 0 Å². The van der Waals surface area contributed by atoms with Crippen LogP contribution in [-0.4, -0.2) is 0 Å². The zero-order valence-corrected chi connectivity index (χ0v) is 8.15. The van der Waals surface area contributed by atoms with E-state index in [2.05, 4.69) is 43.5 Å². The molecule has 0 saturated carbocycles. The Labute approximate surface area is 82.4 Å². The first kappa shape index (κ1) is 8.02. The molecule has 0 radical (unpaired) electrons. The first-order valence-electron chi connectivity index (χ1n) is 3.69. The van der Waals surface area contributed by atoms with Crippen LogP contribution in [0.4, 0.5) is 0 Å². The largest absolute Gasteiger partial charge is 0.142 e. The van der Waals surface area contributed by atoms with Gasteiger partial charge in [-0.05, 0) is 16.8 Å². The van der Waals surface area contributed by atoms with Crippen molar-refractivity contribution < 1.29 is 0 Å². The zero-order valence-electron chi connectivity index (χ0n) is 6.36. The average Bonchev–Trinajstić information content (AvgIpc) is 2.12. The molecule has 0 unspecified atom stereocenters. The van der Waals surface area contributed by atoms with Gasteiger partial charge in [-0.15, -0.1) is 25.3 Å². The molecule has 2 rings (SSSR count). The first-order chi connectivity index (χ1) is 5.79. The highest BCUT2D eigenvalue weighted by Gasteiger charge is 1.98. The maximum atomic E-state index is 4.39. The molecule has 2 aromatic carbocycles. The minimum absolute atomic E-state index is 0.928. The third kappa shape index (κ3) is 1.21. The fraction of sp³-hybridized carbons (Fsp3) is 0. The van der Waals surface area contributed by atoms with Crippen LogP contribution < -0.4 is 0 Å². The van der Waals surface area contributed by atoms with E-state index in [1.165, 1.54) is 5.39 Å². The summed E-state index contributed by atoms with van der Waals surface area (Å²) in [6.45, 7) is 0. The molecule has 0 fully saturated rings. The molecule has 0 bridgehead atoms.